The molecule has 0 saturated heterocycles. The molecule has 0 N–H and O–H groups in total. The number of hydrogen-bond acceptors (Lipinski definition) is 4. The predicted octanol–water partition coefficient (Wildman–Crippen LogP) is 3.49. The van der Waals surface area contributed by atoms with E-state index < -0.39 is 6.09 Å². The first-order valence-corrected chi connectivity index (χ1v) is 5.96. The molecule has 0 aromatic rings. The van der Waals surface area contributed by atoms with Gasteiger partial charge in [-0.1, -0.05) is 32.6 Å². The zero-order valence-corrected chi connectivity index (χ0v) is 10.4. The van der Waals surface area contributed by atoms with Crippen LogP contribution in [0.15, 0.2) is 5.29 Å². The second kappa shape index (κ2) is 9.12. The number of unbranched alkanes of at least 4 members (excludes halogenated alkanes) is 3. The number of rotatable bonds is 8. The number of nitrogens with zero attached hydrogens (tertiary/aromatic N) is 2. The summed E-state index contributed by atoms with van der Waals surface area (Å²) in [5.74, 6) is 0. The third-order valence-electron chi connectivity index (χ3n) is 2.44. The molecule has 0 fully saturated rings. The SMILES string of the molecule is CCCCCC[C@H](C)N(N=O)C(=O)OCC. The molecule has 0 aliphatic heterocycles. The molecule has 0 aromatic carbocycles. The van der Waals surface area contributed by atoms with Crippen molar-refractivity contribution in [2.75, 3.05) is 6.61 Å². The number of ether oxygens (including phenoxy) is 1. The minimum absolute atomic E-state index is 0.187. The molecule has 1 amide bonds. The molecular weight excluding hydrogens is 208 g/mol. The van der Waals surface area contributed by atoms with E-state index in [1.54, 1.807) is 6.92 Å². The summed E-state index contributed by atoms with van der Waals surface area (Å²) in [4.78, 5) is 21.8. The van der Waals surface area contributed by atoms with Gasteiger partial charge in [0.25, 0.3) is 0 Å². The van der Waals surface area contributed by atoms with Crippen LogP contribution in [0.4, 0.5) is 4.79 Å². The highest BCUT2D eigenvalue weighted by molar-refractivity contribution is 5.67. The Morgan fingerprint density at radius 1 is 1.31 bits per heavy atom. The van der Waals surface area contributed by atoms with Crippen molar-refractivity contribution in [1.82, 2.24) is 5.01 Å². The molecule has 0 radical (unpaired) electrons. The van der Waals surface area contributed by atoms with Crippen LogP contribution in [0, 0.1) is 4.91 Å². The van der Waals surface area contributed by atoms with E-state index in [1.807, 2.05) is 6.92 Å². The fraction of sp³-hybridized carbons (Fsp3) is 0.909. The van der Waals surface area contributed by atoms with Crippen molar-refractivity contribution < 1.29 is 9.53 Å². The van der Waals surface area contributed by atoms with Crippen molar-refractivity contribution in [1.29, 1.82) is 0 Å². The summed E-state index contributed by atoms with van der Waals surface area (Å²) in [5.41, 5.74) is 0. The fourth-order valence-electron chi connectivity index (χ4n) is 1.47. The van der Waals surface area contributed by atoms with Crippen LogP contribution in [0.1, 0.15) is 52.9 Å². The van der Waals surface area contributed by atoms with Gasteiger partial charge in [0.2, 0.25) is 0 Å². The van der Waals surface area contributed by atoms with E-state index >= 15 is 0 Å². The number of carbonyl (C=O) groups excluding carboxylic acids is 1. The van der Waals surface area contributed by atoms with Crippen LogP contribution in [0.5, 0.6) is 0 Å². The van der Waals surface area contributed by atoms with Gasteiger partial charge in [0.05, 0.1) is 17.9 Å². The Balaban J connectivity index is 3.95. The van der Waals surface area contributed by atoms with Crippen molar-refractivity contribution in [3.8, 4) is 0 Å². The lowest BCUT2D eigenvalue weighted by atomic mass is 10.1. The lowest BCUT2D eigenvalue weighted by molar-refractivity contribution is 0.0914. The maximum Gasteiger partial charge on any atom is 0.433 e. The molecule has 0 spiro atoms. The van der Waals surface area contributed by atoms with Gasteiger partial charge in [-0.25, -0.2) is 4.79 Å². The van der Waals surface area contributed by atoms with E-state index in [4.69, 9.17) is 4.74 Å². The van der Waals surface area contributed by atoms with E-state index in [0.29, 0.717) is 0 Å². The average Bonchev–Trinajstić information content (AvgIpc) is 2.26. The smallest absolute Gasteiger partial charge is 0.433 e. The topological polar surface area (TPSA) is 59.0 Å². The maximum absolute atomic E-state index is 11.3. The number of hydrogen-bond donors (Lipinski definition) is 0. The second-order valence-corrected chi connectivity index (χ2v) is 3.82. The van der Waals surface area contributed by atoms with Gasteiger partial charge in [-0.05, 0) is 20.3 Å². The molecule has 1 atom stereocenters. The Morgan fingerprint density at radius 2 is 2.00 bits per heavy atom. The highest BCUT2D eigenvalue weighted by Gasteiger charge is 2.21. The summed E-state index contributed by atoms with van der Waals surface area (Å²) in [6, 6.07) is -0.187. The Bertz CT molecular complexity index is 209. The van der Waals surface area contributed by atoms with E-state index in [-0.39, 0.29) is 12.6 Å². The Hall–Kier alpha value is -1.13. The molecule has 5 heteroatoms. The standard InChI is InChI=1S/C11H22N2O3/c1-4-6-7-8-9-10(3)13(12-15)11(14)16-5-2/h10H,4-9H2,1-3H3/t10-/m0/s1. The fourth-order valence-corrected chi connectivity index (χ4v) is 1.47. The molecule has 0 unspecified atom stereocenters. The number of amides is 1. The molecule has 0 rings (SSSR count). The van der Waals surface area contributed by atoms with Crippen LogP contribution in [0.2, 0.25) is 0 Å². The van der Waals surface area contributed by atoms with Gasteiger partial charge in [-0.3, -0.25) is 0 Å². The van der Waals surface area contributed by atoms with Crippen molar-refractivity contribution in [2.24, 2.45) is 5.29 Å². The summed E-state index contributed by atoms with van der Waals surface area (Å²) < 4.78 is 4.74. The van der Waals surface area contributed by atoms with Gasteiger partial charge in [0, 0.05) is 0 Å². The van der Waals surface area contributed by atoms with Crippen LogP contribution >= 0.6 is 0 Å². The lowest BCUT2D eigenvalue weighted by Gasteiger charge is -2.19. The minimum Gasteiger partial charge on any atom is -0.448 e. The number of nitroso groups, excluding NO2 is 1. The molecule has 0 aromatic heterocycles. The zero-order valence-electron chi connectivity index (χ0n) is 10.4. The predicted molar refractivity (Wildman–Crippen MR) is 62.9 cm³/mol. The molecule has 0 heterocycles. The molecule has 0 saturated carbocycles. The molecule has 0 aliphatic carbocycles. The Labute approximate surface area is 97.1 Å². The van der Waals surface area contributed by atoms with Crippen molar-refractivity contribution in [3.05, 3.63) is 4.91 Å². The minimum atomic E-state index is -0.652. The number of carbonyl (C=O) groups is 1. The van der Waals surface area contributed by atoms with Gasteiger partial charge in [-0.15, -0.1) is 4.91 Å². The van der Waals surface area contributed by atoms with Gasteiger partial charge < -0.3 is 4.74 Å². The van der Waals surface area contributed by atoms with Crippen LogP contribution in [-0.2, 0) is 4.74 Å². The zero-order chi connectivity index (χ0) is 12.4. The highest BCUT2D eigenvalue weighted by Crippen LogP contribution is 2.12. The first-order valence-electron chi connectivity index (χ1n) is 5.96. The Kier molecular flexibility index (Phi) is 8.48. The third kappa shape index (κ3) is 5.68. The summed E-state index contributed by atoms with van der Waals surface area (Å²) in [6.07, 6.45) is 4.60. The molecular formula is C11H22N2O3. The van der Waals surface area contributed by atoms with E-state index in [1.165, 1.54) is 12.8 Å². The van der Waals surface area contributed by atoms with E-state index in [2.05, 4.69) is 12.2 Å². The second-order valence-electron chi connectivity index (χ2n) is 3.82. The first kappa shape index (κ1) is 14.9. The summed E-state index contributed by atoms with van der Waals surface area (Å²) >= 11 is 0. The third-order valence-corrected chi connectivity index (χ3v) is 2.44. The van der Waals surface area contributed by atoms with Gasteiger partial charge in [-0.2, -0.15) is 5.01 Å². The van der Waals surface area contributed by atoms with Gasteiger partial charge in [0.1, 0.15) is 0 Å². The summed E-state index contributed by atoms with van der Waals surface area (Å²) in [7, 11) is 0. The summed E-state index contributed by atoms with van der Waals surface area (Å²) in [6.45, 7) is 5.91. The first-order chi connectivity index (χ1) is 7.67. The maximum atomic E-state index is 11.3. The van der Waals surface area contributed by atoms with Crippen LogP contribution in [0.25, 0.3) is 0 Å². The highest BCUT2D eigenvalue weighted by atomic mass is 16.6. The lowest BCUT2D eigenvalue weighted by Crippen LogP contribution is -2.34. The van der Waals surface area contributed by atoms with E-state index in [9.17, 15) is 9.70 Å². The summed E-state index contributed by atoms with van der Waals surface area (Å²) in [5, 5.41) is 3.60. The van der Waals surface area contributed by atoms with Crippen LogP contribution in [-0.4, -0.2) is 23.8 Å². The van der Waals surface area contributed by atoms with E-state index in [0.717, 1.165) is 24.3 Å². The van der Waals surface area contributed by atoms with Crippen molar-refractivity contribution >= 4 is 6.09 Å². The average molecular weight is 230 g/mol. The van der Waals surface area contributed by atoms with Gasteiger partial charge >= 0.3 is 6.09 Å². The molecule has 0 aliphatic rings. The van der Waals surface area contributed by atoms with Crippen molar-refractivity contribution in [2.45, 2.75) is 58.9 Å². The largest absolute Gasteiger partial charge is 0.448 e. The molecule has 94 valence electrons. The van der Waals surface area contributed by atoms with Crippen LogP contribution in [0.3, 0.4) is 0 Å². The molecule has 16 heavy (non-hydrogen) atoms. The van der Waals surface area contributed by atoms with Crippen molar-refractivity contribution in [3.63, 3.8) is 0 Å². The monoisotopic (exact) mass is 230 g/mol. The van der Waals surface area contributed by atoms with Gasteiger partial charge in [0.15, 0.2) is 0 Å². The normalized spacial score (nSPS) is 11.9. The Morgan fingerprint density at radius 3 is 2.50 bits per heavy atom. The quantitative estimate of drug-likeness (QED) is 0.364. The van der Waals surface area contributed by atoms with Crippen LogP contribution < -0.4 is 0 Å². The molecule has 5 nitrogen and oxygen atoms in total. The molecule has 0 bridgehead atoms.